The number of benzene rings is 2. The topological polar surface area (TPSA) is 98.5 Å². The fraction of sp³-hybridized carbons (Fsp3) is 0.111. The number of aliphatic imine (C=N–C) groups is 1. The summed E-state index contributed by atoms with van der Waals surface area (Å²) < 4.78 is 5.46. The van der Waals surface area contributed by atoms with Gasteiger partial charge in [-0.15, -0.1) is 0 Å². The second kappa shape index (κ2) is 6.87. The number of nitrogens with two attached hydrogens (primary N) is 2. The van der Waals surface area contributed by atoms with Crippen LogP contribution < -0.4 is 21.5 Å². The SMILES string of the molecule is CCOc1ccc(Nc2ccnc3cc(N=C(N)N)ccc23)cc1. The van der Waals surface area contributed by atoms with Crippen molar-refractivity contribution in [3.63, 3.8) is 0 Å². The third-order valence-electron chi connectivity index (χ3n) is 3.43. The molecular weight excluding hydrogens is 302 g/mol. The van der Waals surface area contributed by atoms with E-state index in [1.165, 1.54) is 0 Å². The molecule has 2 aromatic carbocycles. The third kappa shape index (κ3) is 3.55. The molecule has 24 heavy (non-hydrogen) atoms. The summed E-state index contributed by atoms with van der Waals surface area (Å²) in [6.07, 6.45) is 1.75. The van der Waals surface area contributed by atoms with Crippen molar-refractivity contribution >= 4 is 33.9 Å². The number of nitrogens with zero attached hydrogens (tertiary/aromatic N) is 2. The lowest BCUT2D eigenvalue weighted by Gasteiger charge is -2.11. The molecule has 122 valence electrons. The molecule has 5 N–H and O–H groups in total. The summed E-state index contributed by atoms with van der Waals surface area (Å²) in [6, 6.07) is 15.4. The van der Waals surface area contributed by atoms with Gasteiger partial charge in [0, 0.05) is 23.0 Å². The minimum Gasteiger partial charge on any atom is -0.494 e. The third-order valence-corrected chi connectivity index (χ3v) is 3.43. The minimum absolute atomic E-state index is 0.0259. The molecule has 0 aliphatic carbocycles. The molecule has 6 heteroatoms. The Labute approximate surface area is 140 Å². The average Bonchev–Trinajstić information content (AvgIpc) is 2.56. The van der Waals surface area contributed by atoms with E-state index in [1.54, 1.807) is 6.20 Å². The zero-order chi connectivity index (χ0) is 16.9. The molecule has 1 heterocycles. The lowest BCUT2D eigenvalue weighted by atomic mass is 10.1. The first-order chi connectivity index (χ1) is 11.7. The van der Waals surface area contributed by atoms with Gasteiger partial charge in [0.1, 0.15) is 5.75 Å². The summed E-state index contributed by atoms with van der Waals surface area (Å²) >= 11 is 0. The Bertz CT molecular complexity index is 870. The maximum atomic E-state index is 5.46. The predicted octanol–water partition coefficient (Wildman–Crippen LogP) is 3.28. The molecule has 0 unspecified atom stereocenters. The molecule has 0 amide bonds. The van der Waals surface area contributed by atoms with Crippen molar-refractivity contribution in [2.45, 2.75) is 6.92 Å². The Morgan fingerprint density at radius 2 is 1.92 bits per heavy atom. The van der Waals surface area contributed by atoms with Gasteiger partial charge in [-0.3, -0.25) is 4.98 Å². The molecule has 6 nitrogen and oxygen atoms in total. The van der Waals surface area contributed by atoms with Crippen LogP contribution in [0.1, 0.15) is 6.92 Å². The number of anilines is 2. The standard InChI is InChI=1S/C18H19N5O/c1-2-24-14-6-3-12(4-7-14)22-16-9-10-21-17-11-13(23-18(19)20)5-8-15(16)17/h3-11H,2H2,1H3,(H,21,22)(H4,19,20,23). The molecule has 3 aromatic rings. The minimum atomic E-state index is 0.0259. The van der Waals surface area contributed by atoms with Crippen molar-refractivity contribution < 1.29 is 4.74 Å². The molecule has 0 aliphatic rings. The molecule has 0 aliphatic heterocycles. The van der Waals surface area contributed by atoms with E-state index in [1.807, 2.05) is 55.5 Å². The van der Waals surface area contributed by atoms with Crippen LogP contribution in [0.4, 0.5) is 17.1 Å². The number of pyridine rings is 1. The van der Waals surface area contributed by atoms with Crippen LogP contribution >= 0.6 is 0 Å². The number of guanidine groups is 1. The van der Waals surface area contributed by atoms with Crippen molar-refractivity contribution in [2.75, 3.05) is 11.9 Å². The van der Waals surface area contributed by atoms with Gasteiger partial charge in [0.15, 0.2) is 5.96 Å². The zero-order valence-electron chi connectivity index (χ0n) is 13.4. The van der Waals surface area contributed by atoms with Crippen LogP contribution in [0.3, 0.4) is 0 Å². The number of fused-ring (bicyclic) bond motifs is 1. The highest BCUT2D eigenvalue weighted by Crippen LogP contribution is 2.28. The largest absolute Gasteiger partial charge is 0.494 e. The van der Waals surface area contributed by atoms with E-state index in [0.29, 0.717) is 12.3 Å². The van der Waals surface area contributed by atoms with Crippen LogP contribution in [-0.4, -0.2) is 17.6 Å². The first kappa shape index (κ1) is 15.6. The second-order valence-electron chi connectivity index (χ2n) is 5.18. The van der Waals surface area contributed by atoms with Crippen LogP contribution in [0.15, 0.2) is 59.7 Å². The van der Waals surface area contributed by atoms with Crippen LogP contribution in [0.5, 0.6) is 5.75 Å². The van der Waals surface area contributed by atoms with Crippen molar-refractivity contribution in [1.82, 2.24) is 4.98 Å². The fourth-order valence-electron chi connectivity index (χ4n) is 2.42. The Morgan fingerprint density at radius 1 is 1.12 bits per heavy atom. The number of hydrogen-bond donors (Lipinski definition) is 3. The lowest BCUT2D eigenvalue weighted by molar-refractivity contribution is 0.340. The molecule has 0 saturated heterocycles. The van der Waals surface area contributed by atoms with E-state index < -0.39 is 0 Å². The van der Waals surface area contributed by atoms with Gasteiger partial charge in [0.25, 0.3) is 0 Å². The van der Waals surface area contributed by atoms with Gasteiger partial charge in [-0.25, -0.2) is 4.99 Å². The molecule has 0 radical (unpaired) electrons. The molecular formula is C18H19N5O. The van der Waals surface area contributed by atoms with Gasteiger partial charge in [-0.2, -0.15) is 0 Å². The van der Waals surface area contributed by atoms with E-state index in [2.05, 4.69) is 15.3 Å². The van der Waals surface area contributed by atoms with Crippen LogP contribution in [0.25, 0.3) is 10.9 Å². The molecule has 0 atom stereocenters. The predicted molar refractivity (Wildman–Crippen MR) is 98.1 cm³/mol. The van der Waals surface area contributed by atoms with E-state index in [0.717, 1.165) is 28.0 Å². The Kier molecular flexibility index (Phi) is 4.47. The number of rotatable bonds is 5. The number of hydrogen-bond acceptors (Lipinski definition) is 4. The Morgan fingerprint density at radius 3 is 2.62 bits per heavy atom. The van der Waals surface area contributed by atoms with Crippen molar-refractivity contribution in [1.29, 1.82) is 0 Å². The Balaban J connectivity index is 1.90. The summed E-state index contributed by atoms with van der Waals surface area (Å²) in [4.78, 5) is 8.43. The quantitative estimate of drug-likeness (QED) is 0.495. The lowest BCUT2D eigenvalue weighted by Crippen LogP contribution is -2.21. The highest BCUT2D eigenvalue weighted by Gasteiger charge is 2.04. The first-order valence-corrected chi connectivity index (χ1v) is 7.64. The molecule has 0 bridgehead atoms. The fourth-order valence-corrected chi connectivity index (χ4v) is 2.42. The molecule has 0 saturated carbocycles. The van der Waals surface area contributed by atoms with Crippen molar-refractivity contribution in [3.8, 4) is 5.75 Å². The van der Waals surface area contributed by atoms with Gasteiger partial charge in [-0.1, -0.05) is 0 Å². The van der Waals surface area contributed by atoms with Crippen LogP contribution in [0.2, 0.25) is 0 Å². The van der Waals surface area contributed by atoms with Crippen LogP contribution in [-0.2, 0) is 0 Å². The first-order valence-electron chi connectivity index (χ1n) is 7.64. The molecule has 3 rings (SSSR count). The molecule has 0 spiro atoms. The number of ether oxygens (including phenoxy) is 1. The second-order valence-corrected chi connectivity index (χ2v) is 5.18. The highest BCUT2D eigenvalue weighted by molar-refractivity contribution is 5.94. The van der Waals surface area contributed by atoms with Gasteiger partial charge in [0.05, 0.1) is 17.8 Å². The van der Waals surface area contributed by atoms with Gasteiger partial charge >= 0.3 is 0 Å². The number of aromatic nitrogens is 1. The van der Waals surface area contributed by atoms with Gasteiger partial charge in [0.2, 0.25) is 0 Å². The normalized spacial score (nSPS) is 10.4. The van der Waals surface area contributed by atoms with E-state index in [4.69, 9.17) is 16.2 Å². The Hall–Kier alpha value is -3.28. The number of nitrogens with one attached hydrogen (secondary N) is 1. The summed E-state index contributed by atoms with van der Waals surface area (Å²) in [5.74, 6) is 0.877. The average molecular weight is 321 g/mol. The summed E-state index contributed by atoms with van der Waals surface area (Å²) in [5, 5.41) is 4.38. The van der Waals surface area contributed by atoms with Crippen molar-refractivity contribution in [2.24, 2.45) is 16.5 Å². The summed E-state index contributed by atoms with van der Waals surface area (Å²) in [5.41, 5.74) is 14.3. The van der Waals surface area contributed by atoms with E-state index >= 15 is 0 Å². The molecule has 0 fully saturated rings. The van der Waals surface area contributed by atoms with Crippen molar-refractivity contribution in [3.05, 3.63) is 54.7 Å². The summed E-state index contributed by atoms with van der Waals surface area (Å²) in [6.45, 7) is 2.62. The maximum absolute atomic E-state index is 5.46. The monoisotopic (exact) mass is 321 g/mol. The van der Waals surface area contributed by atoms with E-state index in [-0.39, 0.29) is 5.96 Å². The van der Waals surface area contributed by atoms with Crippen LogP contribution in [0, 0.1) is 0 Å². The zero-order valence-corrected chi connectivity index (χ0v) is 13.4. The van der Waals surface area contributed by atoms with E-state index in [9.17, 15) is 0 Å². The smallest absolute Gasteiger partial charge is 0.191 e. The highest BCUT2D eigenvalue weighted by atomic mass is 16.5. The van der Waals surface area contributed by atoms with Gasteiger partial charge in [-0.05, 0) is 55.5 Å². The molecule has 1 aromatic heterocycles. The maximum Gasteiger partial charge on any atom is 0.191 e. The van der Waals surface area contributed by atoms with Gasteiger partial charge < -0.3 is 21.5 Å². The summed E-state index contributed by atoms with van der Waals surface area (Å²) in [7, 11) is 0.